The van der Waals surface area contributed by atoms with Crippen LogP contribution in [0, 0.1) is 17.0 Å². The molecule has 0 aliphatic carbocycles. The van der Waals surface area contributed by atoms with Crippen LogP contribution in [-0.4, -0.2) is 19.5 Å². The summed E-state index contributed by atoms with van der Waals surface area (Å²) in [5.41, 5.74) is 1.78. The molecule has 21 heavy (non-hydrogen) atoms. The van der Waals surface area contributed by atoms with Gasteiger partial charge in [0.25, 0.3) is 5.69 Å². The summed E-state index contributed by atoms with van der Waals surface area (Å²) >= 11 is 0. The van der Waals surface area contributed by atoms with Gasteiger partial charge in [0, 0.05) is 42.2 Å². The Morgan fingerprint density at radius 2 is 2.10 bits per heavy atom. The molecule has 0 bridgehead atoms. The number of nitro groups is 1. The van der Waals surface area contributed by atoms with Crippen LogP contribution < -0.4 is 0 Å². The molecule has 0 spiro atoms. The van der Waals surface area contributed by atoms with E-state index < -0.39 is 0 Å². The third kappa shape index (κ3) is 2.14. The van der Waals surface area contributed by atoms with Crippen molar-refractivity contribution in [2.75, 3.05) is 0 Å². The minimum atomic E-state index is -0.377. The number of hydrogen-bond donors (Lipinski definition) is 0. The van der Waals surface area contributed by atoms with E-state index in [1.807, 2.05) is 30.7 Å². The van der Waals surface area contributed by atoms with E-state index in [2.05, 4.69) is 9.97 Å². The third-order valence-electron chi connectivity index (χ3n) is 3.48. The Morgan fingerprint density at radius 3 is 2.81 bits per heavy atom. The highest BCUT2D eigenvalue weighted by Gasteiger charge is 2.16. The lowest BCUT2D eigenvalue weighted by atomic mass is 10.1. The lowest BCUT2D eigenvalue weighted by Crippen LogP contribution is -2.01. The van der Waals surface area contributed by atoms with Gasteiger partial charge >= 0.3 is 0 Å². The largest absolute Gasteiger partial charge is 0.303 e. The molecular weight excluding hydrogens is 268 g/mol. The molecule has 6 heteroatoms. The Kier molecular flexibility index (Phi) is 3.13. The van der Waals surface area contributed by atoms with Gasteiger partial charge in [-0.15, -0.1) is 0 Å². The van der Waals surface area contributed by atoms with Gasteiger partial charge in [-0.05, 0) is 19.1 Å². The van der Waals surface area contributed by atoms with Gasteiger partial charge in [-0.2, -0.15) is 0 Å². The van der Waals surface area contributed by atoms with Crippen molar-refractivity contribution in [2.24, 2.45) is 0 Å². The molecule has 0 radical (unpaired) electrons. The standard InChI is InChI=1S/C15H14N4O2/c1-3-15-16-6-7-18(15)13-4-5-14(19(20)21)12-9-17-10(2)8-11(12)13/h4-9H,3H2,1-2H3. The Labute approximate surface area is 121 Å². The SMILES string of the molecule is CCc1nccn1-c1ccc([N+](=O)[O-])c2cnc(C)cc12. The van der Waals surface area contributed by atoms with Gasteiger partial charge in [0.1, 0.15) is 5.82 Å². The zero-order valence-electron chi connectivity index (χ0n) is 11.8. The van der Waals surface area contributed by atoms with Crippen molar-refractivity contribution in [1.82, 2.24) is 14.5 Å². The first-order valence-corrected chi connectivity index (χ1v) is 6.68. The molecule has 0 unspecified atom stereocenters. The van der Waals surface area contributed by atoms with Gasteiger partial charge in [-0.25, -0.2) is 4.98 Å². The second-order valence-corrected chi connectivity index (χ2v) is 4.80. The molecule has 0 aliphatic rings. The molecule has 106 valence electrons. The number of aromatic nitrogens is 3. The topological polar surface area (TPSA) is 73.8 Å². The molecular formula is C15H14N4O2. The summed E-state index contributed by atoms with van der Waals surface area (Å²) in [6.07, 6.45) is 5.96. The normalized spacial score (nSPS) is 11.0. The molecule has 0 atom stereocenters. The van der Waals surface area contributed by atoms with Crippen molar-refractivity contribution in [1.29, 1.82) is 0 Å². The number of non-ortho nitro benzene ring substituents is 1. The maximum absolute atomic E-state index is 11.2. The molecule has 0 saturated heterocycles. The Morgan fingerprint density at radius 1 is 1.29 bits per heavy atom. The van der Waals surface area contributed by atoms with Crippen LogP contribution in [0.2, 0.25) is 0 Å². The van der Waals surface area contributed by atoms with Crippen molar-refractivity contribution in [3.63, 3.8) is 0 Å². The van der Waals surface area contributed by atoms with Gasteiger partial charge in [-0.3, -0.25) is 15.1 Å². The highest BCUT2D eigenvalue weighted by atomic mass is 16.6. The first-order chi connectivity index (χ1) is 10.1. The van der Waals surface area contributed by atoms with E-state index >= 15 is 0 Å². The van der Waals surface area contributed by atoms with E-state index in [4.69, 9.17) is 0 Å². The molecule has 0 aliphatic heterocycles. The minimum Gasteiger partial charge on any atom is -0.303 e. The fourth-order valence-electron chi connectivity index (χ4n) is 2.50. The van der Waals surface area contributed by atoms with Gasteiger partial charge in [0.05, 0.1) is 16.0 Å². The van der Waals surface area contributed by atoms with Crippen molar-refractivity contribution in [3.05, 3.63) is 58.4 Å². The quantitative estimate of drug-likeness (QED) is 0.546. The molecule has 0 N–H and O–H groups in total. The van der Waals surface area contributed by atoms with E-state index in [9.17, 15) is 10.1 Å². The van der Waals surface area contributed by atoms with Gasteiger partial charge in [-0.1, -0.05) is 6.92 Å². The number of imidazole rings is 1. The summed E-state index contributed by atoms with van der Waals surface area (Å²) in [5, 5.41) is 12.5. The predicted molar refractivity (Wildman–Crippen MR) is 79.6 cm³/mol. The first-order valence-electron chi connectivity index (χ1n) is 6.68. The van der Waals surface area contributed by atoms with Gasteiger partial charge in [0.15, 0.2) is 0 Å². The molecule has 0 fully saturated rings. The summed E-state index contributed by atoms with van der Waals surface area (Å²) in [6.45, 7) is 3.90. The van der Waals surface area contributed by atoms with Crippen LogP contribution in [0.5, 0.6) is 0 Å². The number of pyridine rings is 1. The van der Waals surface area contributed by atoms with Crippen molar-refractivity contribution in [3.8, 4) is 5.69 Å². The molecule has 3 aromatic rings. The number of aryl methyl sites for hydroxylation is 2. The Balaban J connectivity index is 2.37. The second kappa shape index (κ2) is 4.97. The highest BCUT2D eigenvalue weighted by Crippen LogP contribution is 2.31. The number of hydrogen-bond acceptors (Lipinski definition) is 4. The van der Waals surface area contributed by atoms with E-state index in [1.165, 1.54) is 6.07 Å². The first kappa shape index (κ1) is 13.2. The molecule has 3 rings (SSSR count). The monoisotopic (exact) mass is 282 g/mol. The lowest BCUT2D eigenvalue weighted by molar-refractivity contribution is -0.383. The fraction of sp³-hybridized carbons (Fsp3) is 0.200. The van der Waals surface area contributed by atoms with Crippen molar-refractivity contribution < 1.29 is 4.92 Å². The zero-order chi connectivity index (χ0) is 15.0. The molecule has 0 saturated carbocycles. The molecule has 0 amide bonds. The molecule has 1 aromatic carbocycles. The Bertz CT molecular complexity index is 839. The number of benzene rings is 1. The van der Waals surface area contributed by atoms with Crippen LogP contribution in [0.4, 0.5) is 5.69 Å². The van der Waals surface area contributed by atoms with E-state index in [1.54, 1.807) is 18.5 Å². The highest BCUT2D eigenvalue weighted by molar-refractivity contribution is 5.96. The summed E-state index contributed by atoms with van der Waals surface area (Å²) in [7, 11) is 0. The molecule has 2 heterocycles. The third-order valence-corrected chi connectivity index (χ3v) is 3.48. The summed E-state index contributed by atoms with van der Waals surface area (Å²) in [4.78, 5) is 19.3. The lowest BCUT2D eigenvalue weighted by Gasteiger charge is -2.11. The van der Waals surface area contributed by atoms with Gasteiger partial charge in [0.2, 0.25) is 0 Å². The Hall–Kier alpha value is -2.76. The molecule has 2 aromatic heterocycles. The van der Waals surface area contributed by atoms with Gasteiger partial charge < -0.3 is 4.57 Å². The predicted octanol–water partition coefficient (Wildman–Crippen LogP) is 3.20. The maximum Gasteiger partial charge on any atom is 0.278 e. The smallest absolute Gasteiger partial charge is 0.278 e. The van der Waals surface area contributed by atoms with E-state index in [0.29, 0.717) is 5.39 Å². The van der Waals surface area contributed by atoms with Crippen LogP contribution >= 0.6 is 0 Å². The second-order valence-electron chi connectivity index (χ2n) is 4.80. The van der Waals surface area contributed by atoms with Crippen LogP contribution in [-0.2, 0) is 6.42 Å². The molecule has 6 nitrogen and oxygen atoms in total. The maximum atomic E-state index is 11.2. The minimum absolute atomic E-state index is 0.0689. The van der Waals surface area contributed by atoms with Crippen LogP contribution in [0.15, 0.2) is 36.8 Å². The number of nitro benzene ring substituents is 1. The van der Waals surface area contributed by atoms with Crippen LogP contribution in [0.1, 0.15) is 18.4 Å². The van der Waals surface area contributed by atoms with E-state index in [-0.39, 0.29) is 10.6 Å². The fourth-order valence-corrected chi connectivity index (χ4v) is 2.50. The van der Waals surface area contributed by atoms with Crippen molar-refractivity contribution >= 4 is 16.5 Å². The van der Waals surface area contributed by atoms with Crippen LogP contribution in [0.3, 0.4) is 0 Å². The number of fused-ring (bicyclic) bond motifs is 1. The average Bonchev–Trinajstić information content (AvgIpc) is 2.93. The van der Waals surface area contributed by atoms with E-state index in [0.717, 1.165) is 29.0 Å². The summed E-state index contributed by atoms with van der Waals surface area (Å²) < 4.78 is 1.96. The average molecular weight is 282 g/mol. The zero-order valence-corrected chi connectivity index (χ0v) is 11.8. The number of rotatable bonds is 3. The summed E-state index contributed by atoms with van der Waals surface area (Å²) in [6, 6.07) is 5.16. The summed E-state index contributed by atoms with van der Waals surface area (Å²) in [5.74, 6) is 0.916. The van der Waals surface area contributed by atoms with Crippen LogP contribution in [0.25, 0.3) is 16.5 Å². The van der Waals surface area contributed by atoms with Crippen molar-refractivity contribution in [2.45, 2.75) is 20.3 Å². The number of nitrogens with zero attached hydrogens (tertiary/aromatic N) is 4.